The highest BCUT2D eigenvalue weighted by Gasteiger charge is 2.18. The second-order valence-corrected chi connectivity index (χ2v) is 6.51. The maximum Gasteiger partial charge on any atom is 0.0928 e. The zero-order valence-electron chi connectivity index (χ0n) is 14.5. The van der Waals surface area contributed by atoms with Gasteiger partial charge in [-0.05, 0) is 61.9 Å². The van der Waals surface area contributed by atoms with Gasteiger partial charge in [0.1, 0.15) is 0 Å². The molecular formula is C21H25N3. The number of nitrogens with one attached hydrogen (secondary N) is 1. The molecule has 0 saturated heterocycles. The van der Waals surface area contributed by atoms with Crippen molar-refractivity contribution < 1.29 is 0 Å². The Labute approximate surface area is 144 Å². The minimum Gasteiger partial charge on any atom is -0.386 e. The van der Waals surface area contributed by atoms with E-state index in [1.165, 1.54) is 39.9 Å². The molecule has 0 spiro atoms. The molecule has 1 aliphatic carbocycles. The van der Waals surface area contributed by atoms with E-state index in [1.54, 1.807) is 0 Å². The molecule has 1 saturated carbocycles. The first-order valence-corrected chi connectivity index (χ1v) is 8.49. The summed E-state index contributed by atoms with van der Waals surface area (Å²) in [6.45, 7) is 8.17. The van der Waals surface area contributed by atoms with Crippen LogP contribution in [0.3, 0.4) is 0 Å². The van der Waals surface area contributed by atoms with E-state index < -0.39 is 0 Å². The Morgan fingerprint density at radius 1 is 1.21 bits per heavy atom. The Morgan fingerprint density at radius 2 is 2.00 bits per heavy atom. The van der Waals surface area contributed by atoms with Crippen molar-refractivity contribution in [3.63, 3.8) is 0 Å². The first kappa shape index (κ1) is 16.3. The fourth-order valence-electron chi connectivity index (χ4n) is 3.25. The van der Waals surface area contributed by atoms with Crippen LogP contribution in [0.25, 0.3) is 11.3 Å². The van der Waals surface area contributed by atoms with Crippen LogP contribution >= 0.6 is 0 Å². The third-order valence-corrected chi connectivity index (χ3v) is 4.82. The van der Waals surface area contributed by atoms with Crippen molar-refractivity contribution in [2.75, 3.05) is 0 Å². The smallest absolute Gasteiger partial charge is 0.0928 e. The van der Waals surface area contributed by atoms with E-state index in [2.05, 4.69) is 48.9 Å². The van der Waals surface area contributed by atoms with Gasteiger partial charge in [0.25, 0.3) is 0 Å². The average Bonchev–Trinajstić information content (AvgIpc) is 2.50. The van der Waals surface area contributed by atoms with E-state index in [-0.39, 0.29) is 0 Å². The highest BCUT2D eigenvalue weighted by Crippen LogP contribution is 2.32. The number of rotatable bonds is 5. The van der Waals surface area contributed by atoms with Crippen LogP contribution in [0, 0.1) is 13.8 Å². The molecule has 0 bridgehead atoms. The summed E-state index contributed by atoms with van der Waals surface area (Å²) in [7, 11) is 0. The number of pyridine rings is 1. The Morgan fingerprint density at radius 3 is 2.58 bits per heavy atom. The fraction of sp³-hybridized carbons (Fsp3) is 0.286. The number of nitrogens with zero attached hydrogens (tertiary/aromatic N) is 1. The molecule has 3 nitrogen and oxygen atoms in total. The Hall–Kier alpha value is -2.55. The van der Waals surface area contributed by atoms with Gasteiger partial charge in [0.05, 0.1) is 11.5 Å². The lowest BCUT2D eigenvalue weighted by Gasteiger charge is -2.25. The van der Waals surface area contributed by atoms with Crippen molar-refractivity contribution >= 4 is 0 Å². The van der Waals surface area contributed by atoms with Gasteiger partial charge in [-0.2, -0.15) is 0 Å². The number of allylic oxidation sites excluding steroid dienone is 2. The van der Waals surface area contributed by atoms with Gasteiger partial charge < -0.3 is 11.1 Å². The van der Waals surface area contributed by atoms with Gasteiger partial charge in [0.2, 0.25) is 0 Å². The molecule has 3 rings (SSSR count). The third kappa shape index (κ3) is 3.35. The summed E-state index contributed by atoms with van der Waals surface area (Å²) < 4.78 is 0. The van der Waals surface area contributed by atoms with Crippen LogP contribution in [0.1, 0.15) is 36.0 Å². The monoisotopic (exact) mass is 319 g/mol. The van der Waals surface area contributed by atoms with Crippen molar-refractivity contribution in [2.24, 2.45) is 5.73 Å². The first-order chi connectivity index (χ1) is 11.6. The van der Waals surface area contributed by atoms with Gasteiger partial charge in [0, 0.05) is 23.9 Å². The molecule has 1 aromatic heterocycles. The summed E-state index contributed by atoms with van der Waals surface area (Å²) in [5.41, 5.74) is 14.7. The molecule has 3 N–H and O–H groups in total. The van der Waals surface area contributed by atoms with Crippen molar-refractivity contribution in [1.29, 1.82) is 0 Å². The van der Waals surface area contributed by atoms with Crippen LogP contribution in [-0.2, 0) is 6.42 Å². The SMILES string of the molecule is C=C(N)NC(Cc1c(C)ccc(-c2ccccn2)c1C)=C1CCC1. The molecule has 0 radical (unpaired) electrons. The summed E-state index contributed by atoms with van der Waals surface area (Å²) in [6.07, 6.45) is 6.30. The summed E-state index contributed by atoms with van der Waals surface area (Å²) >= 11 is 0. The molecule has 0 amide bonds. The summed E-state index contributed by atoms with van der Waals surface area (Å²) in [6, 6.07) is 10.4. The van der Waals surface area contributed by atoms with Gasteiger partial charge in [-0.15, -0.1) is 0 Å². The van der Waals surface area contributed by atoms with E-state index in [4.69, 9.17) is 5.73 Å². The van der Waals surface area contributed by atoms with Gasteiger partial charge in [-0.3, -0.25) is 4.98 Å². The molecule has 0 unspecified atom stereocenters. The lowest BCUT2D eigenvalue weighted by atomic mass is 9.86. The number of hydrogen-bond donors (Lipinski definition) is 2. The first-order valence-electron chi connectivity index (χ1n) is 8.49. The minimum absolute atomic E-state index is 0.514. The molecule has 0 atom stereocenters. The second-order valence-electron chi connectivity index (χ2n) is 6.51. The topological polar surface area (TPSA) is 50.9 Å². The zero-order valence-corrected chi connectivity index (χ0v) is 14.5. The van der Waals surface area contributed by atoms with Crippen molar-refractivity contribution in [1.82, 2.24) is 10.3 Å². The van der Waals surface area contributed by atoms with Gasteiger partial charge in [0.15, 0.2) is 0 Å². The summed E-state index contributed by atoms with van der Waals surface area (Å²) in [5, 5.41) is 3.29. The fourth-order valence-corrected chi connectivity index (χ4v) is 3.25. The summed E-state index contributed by atoms with van der Waals surface area (Å²) in [4.78, 5) is 4.51. The average molecular weight is 319 g/mol. The molecule has 124 valence electrons. The van der Waals surface area contributed by atoms with Gasteiger partial charge >= 0.3 is 0 Å². The Bertz CT molecular complexity index is 782. The standard InChI is InChI=1S/C21H25N3/c1-14-10-11-18(20-9-4-5-12-23-20)15(2)19(14)13-21(24-16(3)22)17-7-6-8-17/h4-5,9-12,24H,3,6-8,13,22H2,1-2H3. The van der Waals surface area contributed by atoms with E-state index in [0.29, 0.717) is 5.82 Å². The number of hydrogen-bond acceptors (Lipinski definition) is 3. The van der Waals surface area contributed by atoms with E-state index in [1.807, 2.05) is 18.3 Å². The zero-order chi connectivity index (χ0) is 17.1. The maximum absolute atomic E-state index is 5.81. The van der Waals surface area contributed by atoms with Crippen LogP contribution in [-0.4, -0.2) is 4.98 Å². The molecule has 2 aromatic rings. The maximum atomic E-state index is 5.81. The largest absolute Gasteiger partial charge is 0.386 e. The summed E-state index contributed by atoms with van der Waals surface area (Å²) in [5.74, 6) is 0.514. The molecule has 24 heavy (non-hydrogen) atoms. The number of benzene rings is 1. The molecule has 1 aliphatic rings. The lowest BCUT2D eigenvalue weighted by molar-refractivity contribution is 0.630. The Kier molecular flexibility index (Phi) is 4.70. The van der Waals surface area contributed by atoms with Crippen LogP contribution in [0.2, 0.25) is 0 Å². The number of aryl methyl sites for hydroxylation is 1. The molecule has 1 aromatic carbocycles. The Balaban J connectivity index is 2.00. The van der Waals surface area contributed by atoms with Crippen LogP contribution in [0.5, 0.6) is 0 Å². The van der Waals surface area contributed by atoms with Gasteiger partial charge in [-0.25, -0.2) is 0 Å². The third-order valence-electron chi connectivity index (χ3n) is 4.82. The molecule has 1 fully saturated rings. The second kappa shape index (κ2) is 6.91. The van der Waals surface area contributed by atoms with E-state index >= 15 is 0 Å². The van der Waals surface area contributed by atoms with E-state index in [0.717, 1.165) is 25.0 Å². The van der Waals surface area contributed by atoms with Gasteiger partial charge in [-0.1, -0.05) is 30.4 Å². The molecule has 3 heteroatoms. The number of nitrogens with two attached hydrogens (primary N) is 1. The van der Waals surface area contributed by atoms with E-state index in [9.17, 15) is 0 Å². The minimum atomic E-state index is 0.514. The predicted octanol–water partition coefficient (Wildman–Crippen LogP) is 4.37. The molecule has 1 heterocycles. The predicted molar refractivity (Wildman–Crippen MR) is 100 cm³/mol. The van der Waals surface area contributed by atoms with Crippen LogP contribution in [0.15, 0.2) is 60.2 Å². The quantitative estimate of drug-likeness (QED) is 0.860. The highest BCUT2D eigenvalue weighted by atomic mass is 15.0. The molecule has 0 aliphatic heterocycles. The van der Waals surface area contributed by atoms with Crippen molar-refractivity contribution in [2.45, 2.75) is 39.5 Å². The lowest BCUT2D eigenvalue weighted by Crippen LogP contribution is -2.23. The normalized spacial score (nSPS) is 13.3. The van der Waals surface area contributed by atoms with Crippen LogP contribution in [0.4, 0.5) is 0 Å². The molecular weight excluding hydrogens is 294 g/mol. The van der Waals surface area contributed by atoms with Crippen molar-refractivity contribution in [3.05, 3.63) is 76.9 Å². The van der Waals surface area contributed by atoms with Crippen molar-refractivity contribution in [3.8, 4) is 11.3 Å². The highest BCUT2D eigenvalue weighted by molar-refractivity contribution is 5.66. The number of aromatic nitrogens is 1. The van der Waals surface area contributed by atoms with Crippen LogP contribution < -0.4 is 11.1 Å².